The second kappa shape index (κ2) is 4.08. The number of fused-ring (bicyclic) bond motifs is 1. The minimum absolute atomic E-state index is 0.373. The monoisotopic (exact) mass is 237 g/mol. The molecule has 3 nitrogen and oxygen atoms in total. The Morgan fingerprint density at radius 1 is 1.38 bits per heavy atom. The fourth-order valence-electron chi connectivity index (χ4n) is 3.26. The van der Waals surface area contributed by atoms with Crippen molar-refractivity contribution >= 4 is 11.3 Å². The zero-order valence-electron chi connectivity index (χ0n) is 9.94. The summed E-state index contributed by atoms with van der Waals surface area (Å²) in [6, 6.07) is 1.12. The largest absolute Gasteiger partial charge is 0.305 e. The second-order valence-electron chi connectivity index (χ2n) is 5.24. The molecule has 2 saturated carbocycles. The number of rotatable bonds is 3. The molecule has 0 radical (unpaired) electrons. The van der Waals surface area contributed by atoms with Gasteiger partial charge < -0.3 is 5.32 Å². The van der Waals surface area contributed by atoms with Gasteiger partial charge in [-0.2, -0.15) is 0 Å². The van der Waals surface area contributed by atoms with Gasteiger partial charge in [0.2, 0.25) is 0 Å². The summed E-state index contributed by atoms with van der Waals surface area (Å²) in [6.07, 6.45) is 5.73. The lowest BCUT2D eigenvalue weighted by Crippen LogP contribution is -2.48. The Morgan fingerprint density at radius 3 is 2.94 bits per heavy atom. The van der Waals surface area contributed by atoms with Gasteiger partial charge >= 0.3 is 0 Å². The maximum absolute atomic E-state index is 4.22. The number of aromatic nitrogens is 2. The topological polar surface area (TPSA) is 37.8 Å². The van der Waals surface area contributed by atoms with E-state index in [0.29, 0.717) is 6.04 Å². The molecule has 0 saturated heterocycles. The van der Waals surface area contributed by atoms with E-state index in [1.807, 2.05) is 6.92 Å². The molecule has 2 aliphatic rings. The van der Waals surface area contributed by atoms with Crippen LogP contribution in [0.25, 0.3) is 0 Å². The van der Waals surface area contributed by atoms with Gasteiger partial charge in [0.15, 0.2) is 0 Å². The molecule has 0 amide bonds. The number of nitrogens with one attached hydrogen (secondary N) is 1. The van der Waals surface area contributed by atoms with Crippen molar-refractivity contribution in [2.24, 2.45) is 11.8 Å². The van der Waals surface area contributed by atoms with E-state index in [1.54, 1.807) is 11.3 Å². The standard InChI is InChI=1S/C12H19N3S/c1-7(12-15-14-8(2)16-12)13-11-6-9-4-3-5-10(9)11/h7,9-11,13H,3-6H2,1-2H3/t7?,9-,10-,11?/m0/s1. The number of hydrogen-bond acceptors (Lipinski definition) is 4. The molecule has 4 heteroatoms. The van der Waals surface area contributed by atoms with E-state index in [-0.39, 0.29) is 0 Å². The van der Waals surface area contributed by atoms with Gasteiger partial charge in [0.25, 0.3) is 0 Å². The van der Waals surface area contributed by atoms with Crippen molar-refractivity contribution in [3.8, 4) is 0 Å². The number of aryl methyl sites for hydroxylation is 1. The quantitative estimate of drug-likeness (QED) is 0.878. The molecule has 0 aromatic carbocycles. The third-order valence-electron chi connectivity index (χ3n) is 4.17. The van der Waals surface area contributed by atoms with E-state index in [2.05, 4.69) is 22.4 Å². The Balaban J connectivity index is 1.59. The highest BCUT2D eigenvalue weighted by molar-refractivity contribution is 7.11. The van der Waals surface area contributed by atoms with Crippen molar-refractivity contribution in [2.45, 2.75) is 51.6 Å². The first-order valence-electron chi connectivity index (χ1n) is 6.30. The van der Waals surface area contributed by atoms with Crippen molar-refractivity contribution in [3.63, 3.8) is 0 Å². The average molecular weight is 237 g/mol. The van der Waals surface area contributed by atoms with Gasteiger partial charge in [-0.15, -0.1) is 21.5 Å². The highest BCUT2D eigenvalue weighted by Crippen LogP contribution is 2.47. The smallest absolute Gasteiger partial charge is 0.134 e. The molecule has 1 aromatic rings. The predicted molar refractivity (Wildman–Crippen MR) is 65.4 cm³/mol. The Bertz CT molecular complexity index is 376. The fourth-order valence-corrected chi connectivity index (χ4v) is 3.97. The predicted octanol–water partition coefficient (Wildman–Crippen LogP) is 2.69. The SMILES string of the molecule is Cc1nnc(C(C)NC2C[C@@H]3CCC[C@H]23)s1. The molecule has 4 atom stereocenters. The van der Waals surface area contributed by atoms with E-state index >= 15 is 0 Å². The summed E-state index contributed by atoms with van der Waals surface area (Å²) in [5.74, 6) is 1.98. The lowest BCUT2D eigenvalue weighted by molar-refractivity contribution is 0.127. The highest BCUT2D eigenvalue weighted by atomic mass is 32.1. The first-order chi connectivity index (χ1) is 7.74. The lowest BCUT2D eigenvalue weighted by atomic mass is 9.71. The van der Waals surface area contributed by atoms with Crippen molar-refractivity contribution in [3.05, 3.63) is 10.0 Å². The van der Waals surface area contributed by atoms with Gasteiger partial charge in [-0.05, 0) is 38.5 Å². The van der Waals surface area contributed by atoms with Gasteiger partial charge in [-0.25, -0.2) is 0 Å². The molecule has 2 aliphatic carbocycles. The Kier molecular flexibility index (Phi) is 2.72. The summed E-state index contributed by atoms with van der Waals surface area (Å²) in [6.45, 7) is 4.23. The first kappa shape index (κ1) is 10.7. The Hall–Kier alpha value is -0.480. The van der Waals surface area contributed by atoms with Crippen LogP contribution in [-0.2, 0) is 0 Å². The number of nitrogens with zero attached hydrogens (tertiary/aromatic N) is 2. The van der Waals surface area contributed by atoms with Gasteiger partial charge in [-0.1, -0.05) is 12.8 Å². The summed E-state index contributed by atoms with van der Waals surface area (Å²) in [4.78, 5) is 0. The van der Waals surface area contributed by atoms with Crippen molar-refractivity contribution in [1.82, 2.24) is 15.5 Å². The maximum Gasteiger partial charge on any atom is 0.134 e. The van der Waals surface area contributed by atoms with Crippen molar-refractivity contribution in [1.29, 1.82) is 0 Å². The van der Waals surface area contributed by atoms with Crippen LogP contribution >= 0.6 is 11.3 Å². The van der Waals surface area contributed by atoms with Crippen molar-refractivity contribution < 1.29 is 0 Å². The normalized spacial score (nSPS) is 34.5. The first-order valence-corrected chi connectivity index (χ1v) is 7.11. The molecule has 0 bridgehead atoms. The molecule has 88 valence electrons. The van der Waals surface area contributed by atoms with Gasteiger partial charge in [0.1, 0.15) is 10.0 Å². The number of hydrogen-bond donors (Lipinski definition) is 1. The zero-order valence-corrected chi connectivity index (χ0v) is 10.8. The third kappa shape index (κ3) is 1.78. The molecule has 2 fully saturated rings. The second-order valence-corrected chi connectivity index (χ2v) is 6.46. The lowest BCUT2D eigenvalue weighted by Gasteiger charge is -2.42. The molecular weight excluding hydrogens is 218 g/mol. The molecular formula is C12H19N3S. The van der Waals surface area contributed by atoms with Crippen LogP contribution in [0.4, 0.5) is 0 Å². The van der Waals surface area contributed by atoms with E-state index in [4.69, 9.17) is 0 Å². The zero-order chi connectivity index (χ0) is 11.1. The van der Waals surface area contributed by atoms with Crippen LogP contribution < -0.4 is 5.32 Å². The van der Waals surface area contributed by atoms with Crippen LogP contribution in [0, 0.1) is 18.8 Å². The third-order valence-corrected chi connectivity index (χ3v) is 5.19. The van der Waals surface area contributed by atoms with Crippen LogP contribution in [-0.4, -0.2) is 16.2 Å². The highest BCUT2D eigenvalue weighted by Gasteiger charge is 2.43. The van der Waals surface area contributed by atoms with Gasteiger partial charge in [0, 0.05) is 6.04 Å². The molecule has 16 heavy (non-hydrogen) atoms. The maximum atomic E-state index is 4.22. The summed E-state index contributed by atoms with van der Waals surface area (Å²) >= 11 is 1.71. The van der Waals surface area contributed by atoms with E-state index < -0.39 is 0 Å². The average Bonchev–Trinajstić information content (AvgIpc) is 2.81. The van der Waals surface area contributed by atoms with Gasteiger partial charge in [-0.3, -0.25) is 0 Å². The van der Waals surface area contributed by atoms with E-state index in [1.165, 1.54) is 25.7 Å². The summed E-state index contributed by atoms with van der Waals surface area (Å²) in [5, 5.41) is 14.2. The summed E-state index contributed by atoms with van der Waals surface area (Å²) in [7, 11) is 0. The van der Waals surface area contributed by atoms with Crippen LogP contribution in [0.5, 0.6) is 0 Å². The molecule has 2 unspecified atom stereocenters. The fraction of sp³-hybridized carbons (Fsp3) is 0.833. The summed E-state index contributed by atoms with van der Waals surface area (Å²) in [5.41, 5.74) is 0. The van der Waals surface area contributed by atoms with Crippen LogP contribution in [0.15, 0.2) is 0 Å². The Morgan fingerprint density at radius 2 is 2.25 bits per heavy atom. The van der Waals surface area contributed by atoms with E-state index in [9.17, 15) is 0 Å². The Labute approximate surface area is 101 Å². The minimum atomic E-state index is 0.373. The van der Waals surface area contributed by atoms with E-state index in [0.717, 1.165) is 27.9 Å². The van der Waals surface area contributed by atoms with Crippen LogP contribution in [0.3, 0.4) is 0 Å². The summed E-state index contributed by atoms with van der Waals surface area (Å²) < 4.78 is 0. The molecule has 1 N–H and O–H groups in total. The molecule has 0 spiro atoms. The molecule has 0 aliphatic heterocycles. The van der Waals surface area contributed by atoms with Gasteiger partial charge in [0.05, 0.1) is 6.04 Å². The molecule has 1 aromatic heterocycles. The van der Waals surface area contributed by atoms with Crippen LogP contribution in [0.1, 0.15) is 48.7 Å². The minimum Gasteiger partial charge on any atom is -0.305 e. The van der Waals surface area contributed by atoms with Crippen LogP contribution in [0.2, 0.25) is 0 Å². The van der Waals surface area contributed by atoms with Crippen molar-refractivity contribution in [2.75, 3.05) is 0 Å². The molecule has 3 rings (SSSR count). The molecule has 1 heterocycles.